The first-order valence-corrected chi connectivity index (χ1v) is 8.41. The van der Waals surface area contributed by atoms with Gasteiger partial charge in [0.1, 0.15) is 17.2 Å². The summed E-state index contributed by atoms with van der Waals surface area (Å²) in [6, 6.07) is 20.4. The minimum absolute atomic E-state index is 0.225. The maximum absolute atomic E-state index is 12.2. The fraction of sp³-hybridized carbons (Fsp3) is 0.0952. The molecule has 1 aromatic heterocycles. The van der Waals surface area contributed by atoms with Crippen LogP contribution in [0.15, 0.2) is 78.0 Å². The normalized spacial score (nSPS) is 10.6. The summed E-state index contributed by atoms with van der Waals surface area (Å²) in [6.45, 7) is 0. The number of nitrogens with one attached hydrogen (secondary N) is 1. The predicted molar refractivity (Wildman–Crippen MR) is 107 cm³/mol. The number of aromatic nitrogens is 1. The Bertz CT molecular complexity index is 922. The maximum Gasteiger partial charge on any atom is 0.290 e. The number of rotatable bonds is 6. The van der Waals surface area contributed by atoms with Crippen molar-refractivity contribution in [3.05, 3.63) is 84.2 Å². The third-order valence-corrected chi connectivity index (χ3v) is 3.73. The first kappa shape index (κ1) is 18.1. The van der Waals surface area contributed by atoms with Gasteiger partial charge in [-0.05, 0) is 35.9 Å². The molecule has 136 valence electrons. The smallest absolute Gasteiger partial charge is 0.290 e. The average molecular weight is 360 g/mol. The van der Waals surface area contributed by atoms with Gasteiger partial charge < -0.3 is 9.64 Å². The van der Waals surface area contributed by atoms with Crippen LogP contribution in [0.4, 0.5) is 5.69 Å². The van der Waals surface area contributed by atoms with Crippen molar-refractivity contribution in [1.82, 2.24) is 10.4 Å². The van der Waals surface area contributed by atoms with Crippen molar-refractivity contribution >= 4 is 17.8 Å². The number of amides is 1. The summed E-state index contributed by atoms with van der Waals surface area (Å²) in [5.74, 6) is 0.813. The van der Waals surface area contributed by atoms with E-state index in [0.29, 0.717) is 11.5 Å². The molecule has 6 nitrogen and oxygen atoms in total. The van der Waals surface area contributed by atoms with Crippen molar-refractivity contribution in [2.45, 2.75) is 0 Å². The summed E-state index contributed by atoms with van der Waals surface area (Å²) in [5, 5.41) is 3.99. The summed E-state index contributed by atoms with van der Waals surface area (Å²) in [5.41, 5.74) is 4.68. The van der Waals surface area contributed by atoms with Crippen LogP contribution in [0, 0.1) is 0 Å². The van der Waals surface area contributed by atoms with Crippen LogP contribution in [0.25, 0.3) is 0 Å². The first-order valence-electron chi connectivity index (χ1n) is 8.41. The second-order valence-corrected chi connectivity index (χ2v) is 5.98. The lowest BCUT2D eigenvalue weighted by molar-refractivity contribution is 0.0950. The zero-order valence-electron chi connectivity index (χ0n) is 15.2. The van der Waals surface area contributed by atoms with Gasteiger partial charge in [0.25, 0.3) is 5.91 Å². The molecular formula is C21H20N4O2. The summed E-state index contributed by atoms with van der Waals surface area (Å²) in [6.07, 6.45) is 3.11. The number of carbonyl (C=O) groups is 1. The third-order valence-electron chi connectivity index (χ3n) is 3.73. The van der Waals surface area contributed by atoms with Crippen molar-refractivity contribution in [3.63, 3.8) is 0 Å². The fourth-order valence-electron chi connectivity index (χ4n) is 2.30. The van der Waals surface area contributed by atoms with E-state index in [2.05, 4.69) is 15.5 Å². The van der Waals surface area contributed by atoms with Gasteiger partial charge in [0, 0.05) is 32.0 Å². The zero-order valence-corrected chi connectivity index (χ0v) is 15.2. The van der Waals surface area contributed by atoms with Crippen LogP contribution in [0.2, 0.25) is 0 Å². The van der Waals surface area contributed by atoms with E-state index in [0.717, 1.165) is 11.3 Å². The van der Waals surface area contributed by atoms with Gasteiger partial charge in [-0.25, -0.2) is 5.43 Å². The molecule has 27 heavy (non-hydrogen) atoms. The molecule has 0 aliphatic rings. The van der Waals surface area contributed by atoms with Crippen LogP contribution < -0.4 is 15.1 Å². The Labute approximate surface area is 158 Å². The molecule has 0 saturated carbocycles. The first-order chi connectivity index (χ1) is 13.1. The highest BCUT2D eigenvalue weighted by atomic mass is 16.5. The van der Waals surface area contributed by atoms with Crippen LogP contribution in [-0.4, -0.2) is 31.2 Å². The molecule has 0 radical (unpaired) electrons. The highest BCUT2D eigenvalue weighted by Crippen LogP contribution is 2.20. The number of pyridine rings is 1. The molecule has 0 atom stereocenters. The van der Waals surface area contributed by atoms with Crippen molar-refractivity contribution in [3.8, 4) is 11.5 Å². The minimum atomic E-state index is -0.408. The molecule has 0 aliphatic carbocycles. The molecular weight excluding hydrogens is 340 g/mol. The summed E-state index contributed by atoms with van der Waals surface area (Å²) >= 11 is 0. The van der Waals surface area contributed by atoms with E-state index in [-0.39, 0.29) is 5.69 Å². The molecule has 2 aromatic carbocycles. The molecule has 3 rings (SSSR count). The fourth-order valence-corrected chi connectivity index (χ4v) is 2.30. The van der Waals surface area contributed by atoms with Crippen LogP contribution >= 0.6 is 0 Å². The van der Waals surface area contributed by atoms with E-state index in [1.165, 1.54) is 6.20 Å². The largest absolute Gasteiger partial charge is 0.457 e. The van der Waals surface area contributed by atoms with E-state index >= 15 is 0 Å². The van der Waals surface area contributed by atoms with Gasteiger partial charge in [0.05, 0.1) is 6.21 Å². The number of hydrogen-bond donors (Lipinski definition) is 1. The van der Waals surface area contributed by atoms with Crippen molar-refractivity contribution in [1.29, 1.82) is 0 Å². The van der Waals surface area contributed by atoms with Gasteiger partial charge in [0.15, 0.2) is 0 Å². The van der Waals surface area contributed by atoms with Gasteiger partial charge in [-0.3, -0.25) is 9.78 Å². The molecule has 0 fully saturated rings. The molecule has 1 amide bonds. The summed E-state index contributed by atoms with van der Waals surface area (Å²) in [4.78, 5) is 18.3. The quantitative estimate of drug-likeness (QED) is 0.538. The van der Waals surface area contributed by atoms with E-state index < -0.39 is 5.91 Å². The summed E-state index contributed by atoms with van der Waals surface area (Å²) in [7, 11) is 3.96. The van der Waals surface area contributed by atoms with Crippen LogP contribution in [0.3, 0.4) is 0 Å². The number of benzene rings is 2. The second kappa shape index (κ2) is 8.62. The minimum Gasteiger partial charge on any atom is -0.457 e. The molecule has 1 N–H and O–H groups in total. The van der Waals surface area contributed by atoms with Gasteiger partial charge in [-0.1, -0.05) is 30.3 Å². The van der Waals surface area contributed by atoms with Crippen molar-refractivity contribution in [2.75, 3.05) is 19.0 Å². The van der Waals surface area contributed by atoms with E-state index in [4.69, 9.17) is 4.74 Å². The lowest BCUT2D eigenvalue weighted by Gasteiger charge is -2.11. The molecule has 0 unspecified atom stereocenters. The molecule has 3 aromatic rings. The lowest BCUT2D eigenvalue weighted by Crippen LogP contribution is -2.18. The Hall–Kier alpha value is -3.67. The number of ether oxygens (including phenoxy) is 1. The standard InChI is InChI=1S/C21H20N4O2/c1-25(2)17-10-8-16(9-11-17)15-23-24-21(26)20-14-19(12-13-22-20)27-18-6-4-3-5-7-18/h3-15H,1-2H3,(H,24,26). The van der Waals surface area contributed by atoms with E-state index in [1.54, 1.807) is 18.3 Å². The zero-order chi connectivity index (χ0) is 19.1. The van der Waals surface area contributed by atoms with E-state index in [1.807, 2.05) is 73.6 Å². The molecule has 0 aliphatic heterocycles. The highest BCUT2D eigenvalue weighted by Gasteiger charge is 2.08. The van der Waals surface area contributed by atoms with Gasteiger partial charge in [0.2, 0.25) is 0 Å². The highest BCUT2D eigenvalue weighted by molar-refractivity contribution is 5.93. The SMILES string of the molecule is CN(C)c1ccc(C=NNC(=O)c2cc(Oc3ccccc3)ccn2)cc1. The Balaban J connectivity index is 1.61. The van der Waals surface area contributed by atoms with Crippen LogP contribution in [0.5, 0.6) is 11.5 Å². The third kappa shape index (κ3) is 5.15. The number of nitrogens with zero attached hydrogens (tertiary/aromatic N) is 3. The van der Waals surface area contributed by atoms with E-state index in [9.17, 15) is 4.79 Å². The maximum atomic E-state index is 12.2. The molecule has 0 bridgehead atoms. The van der Waals surface area contributed by atoms with Crippen LogP contribution in [-0.2, 0) is 0 Å². The number of hydrogen-bond acceptors (Lipinski definition) is 5. The molecule has 0 saturated heterocycles. The Morgan fingerprint density at radius 2 is 1.78 bits per heavy atom. The van der Waals surface area contributed by atoms with Gasteiger partial charge in [-0.2, -0.15) is 5.10 Å². The number of hydrazone groups is 1. The van der Waals surface area contributed by atoms with Crippen molar-refractivity contribution in [2.24, 2.45) is 5.10 Å². The Kier molecular flexibility index (Phi) is 5.79. The molecule has 0 spiro atoms. The number of carbonyl (C=O) groups excluding carboxylic acids is 1. The van der Waals surface area contributed by atoms with Gasteiger partial charge in [-0.15, -0.1) is 0 Å². The molecule has 6 heteroatoms. The number of anilines is 1. The Morgan fingerprint density at radius 3 is 2.48 bits per heavy atom. The lowest BCUT2D eigenvalue weighted by atomic mass is 10.2. The Morgan fingerprint density at radius 1 is 1.04 bits per heavy atom. The number of para-hydroxylation sites is 1. The summed E-state index contributed by atoms with van der Waals surface area (Å²) < 4.78 is 5.71. The average Bonchev–Trinajstić information content (AvgIpc) is 2.69. The topological polar surface area (TPSA) is 66.8 Å². The second-order valence-electron chi connectivity index (χ2n) is 5.98. The molecule has 1 heterocycles. The predicted octanol–water partition coefficient (Wildman–Crippen LogP) is 3.70. The van der Waals surface area contributed by atoms with Gasteiger partial charge >= 0.3 is 0 Å². The monoisotopic (exact) mass is 360 g/mol. The van der Waals surface area contributed by atoms with Crippen molar-refractivity contribution < 1.29 is 9.53 Å². The van der Waals surface area contributed by atoms with Crippen LogP contribution in [0.1, 0.15) is 16.1 Å².